The van der Waals surface area contributed by atoms with E-state index in [0.717, 1.165) is 5.75 Å². The molecule has 0 aliphatic rings. The highest BCUT2D eigenvalue weighted by atomic mass is 35.5. The number of methoxy groups -OCH3 is 1. The molecule has 0 bridgehead atoms. The number of aryl methyl sites for hydroxylation is 1. The summed E-state index contributed by atoms with van der Waals surface area (Å²) in [4.78, 5) is 0. The summed E-state index contributed by atoms with van der Waals surface area (Å²) in [6.07, 6.45) is 0. The standard InChI is InChI=1S/C11H11ClOS/c1-7-3-11-9(4-8(7)5-12)10(13-2)6-14-11/h3-4,6H,5H2,1-2H3. The van der Waals surface area contributed by atoms with Crippen LogP contribution >= 0.6 is 22.9 Å². The fraction of sp³-hybridized carbons (Fsp3) is 0.273. The molecule has 0 fully saturated rings. The highest BCUT2D eigenvalue weighted by Gasteiger charge is 2.07. The fourth-order valence-corrected chi connectivity index (χ4v) is 2.78. The second-order valence-electron chi connectivity index (χ2n) is 3.21. The highest BCUT2D eigenvalue weighted by molar-refractivity contribution is 7.17. The molecule has 0 N–H and O–H groups in total. The number of benzene rings is 1. The maximum Gasteiger partial charge on any atom is 0.137 e. The topological polar surface area (TPSA) is 9.23 Å². The molecule has 0 radical (unpaired) electrons. The minimum Gasteiger partial charge on any atom is -0.495 e. The zero-order valence-electron chi connectivity index (χ0n) is 8.13. The second kappa shape index (κ2) is 3.79. The molecule has 14 heavy (non-hydrogen) atoms. The zero-order chi connectivity index (χ0) is 10.1. The van der Waals surface area contributed by atoms with Crippen molar-refractivity contribution in [2.75, 3.05) is 7.11 Å². The monoisotopic (exact) mass is 226 g/mol. The Bertz CT molecular complexity index is 462. The summed E-state index contributed by atoms with van der Waals surface area (Å²) in [6.45, 7) is 2.09. The Labute approximate surface area is 92.3 Å². The first-order chi connectivity index (χ1) is 6.76. The van der Waals surface area contributed by atoms with Gasteiger partial charge in [0, 0.05) is 21.3 Å². The minimum absolute atomic E-state index is 0.556. The predicted octanol–water partition coefficient (Wildman–Crippen LogP) is 3.96. The first-order valence-electron chi connectivity index (χ1n) is 4.37. The van der Waals surface area contributed by atoms with E-state index in [-0.39, 0.29) is 0 Å². The first-order valence-corrected chi connectivity index (χ1v) is 5.78. The Balaban J connectivity index is 2.70. The van der Waals surface area contributed by atoms with Crippen molar-refractivity contribution in [3.63, 3.8) is 0 Å². The SMILES string of the molecule is COc1csc2cc(C)c(CCl)cc12. The van der Waals surface area contributed by atoms with Gasteiger partial charge in [0.25, 0.3) is 0 Å². The summed E-state index contributed by atoms with van der Waals surface area (Å²) in [5.74, 6) is 1.50. The van der Waals surface area contributed by atoms with Gasteiger partial charge in [-0.05, 0) is 30.2 Å². The van der Waals surface area contributed by atoms with Crippen LogP contribution in [0.25, 0.3) is 10.1 Å². The number of alkyl halides is 1. The van der Waals surface area contributed by atoms with Crippen molar-refractivity contribution in [2.24, 2.45) is 0 Å². The number of rotatable bonds is 2. The van der Waals surface area contributed by atoms with Crippen molar-refractivity contribution in [2.45, 2.75) is 12.8 Å². The third kappa shape index (κ3) is 1.49. The van der Waals surface area contributed by atoms with E-state index >= 15 is 0 Å². The van der Waals surface area contributed by atoms with E-state index in [2.05, 4.69) is 19.1 Å². The van der Waals surface area contributed by atoms with Crippen LogP contribution in [0, 0.1) is 6.92 Å². The third-order valence-electron chi connectivity index (χ3n) is 2.36. The molecule has 1 heterocycles. The van der Waals surface area contributed by atoms with Gasteiger partial charge < -0.3 is 4.74 Å². The summed E-state index contributed by atoms with van der Waals surface area (Å²) in [6, 6.07) is 4.28. The molecule has 1 aromatic carbocycles. The van der Waals surface area contributed by atoms with Gasteiger partial charge in [0.15, 0.2) is 0 Å². The van der Waals surface area contributed by atoms with Crippen LogP contribution in [0.1, 0.15) is 11.1 Å². The smallest absolute Gasteiger partial charge is 0.137 e. The number of hydrogen-bond acceptors (Lipinski definition) is 2. The zero-order valence-corrected chi connectivity index (χ0v) is 9.71. The highest BCUT2D eigenvalue weighted by Crippen LogP contribution is 2.34. The van der Waals surface area contributed by atoms with Gasteiger partial charge in [-0.25, -0.2) is 0 Å². The van der Waals surface area contributed by atoms with Crippen LogP contribution in [0.5, 0.6) is 5.75 Å². The molecule has 0 saturated heterocycles. The Hall–Kier alpha value is -0.730. The molecule has 0 spiro atoms. The van der Waals surface area contributed by atoms with E-state index in [0.29, 0.717) is 5.88 Å². The average Bonchev–Trinajstić information content (AvgIpc) is 2.58. The molecule has 0 atom stereocenters. The number of ether oxygens (including phenoxy) is 1. The Morgan fingerprint density at radius 3 is 2.86 bits per heavy atom. The molecule has 0 aliphatic heterocycles. The van der Waals surface area contributed by atoms with Crippen LogP contribution in [-0.4, -0.2) is 7.11 Å². The van der Waals surface area contributed by atoms with Crippen molar-refractivity contribution in [3.05, 3.63) is 28.6 Å². The van der Waals surface area contributed by atoms with Gasteiger partial charge in [-0.1, -0.05) is 0 Å². The molecule has 2 aromatic rings. The van der Waals surface area contributed by atoms with E-state index in [9.17, 15) is 0 Å². The van der Waals surface area contributed by atoms with Gasteiger partial charge in [-0.2, -0.15) is 0 Å². The summed E-state index contributed by atoms with van der Waals surface area (Å²) in [5.41, 5.74) is 2.42. The van der Waals surface area contributed by atoms with Crippen LogP contribution in [0.15, 0.2) is 17.5 Å². The van der Waals surface area contributed by atoms with Gasteiger partial charge in [0.05, 0.1) is 7.11 Å². The lowest BCUT2D eigenvalue weighted by Crippen LogP contribution is -1.85. The molecular weight excluding hydrogens is 216 g/mol. The predicted molar refractivity (Wildman–Crippen MR) is 62.7 cm³/mol. The Morgan fingerprint density at radius 1 is 1.43 bits per heavy atom. The fourth-order valence-electron chi connectivity index (χ4n) is 1.50. The van der Waals surface area contributed by atoms with Crippen LogP contribution in [-0.2, 0) is 5.88 Å². The van der Waals surface area contributed by atoms with Gasteiger partial charge >= 0.3 is 0 Å². The van der Waals surface area contributed by atoms with Gasteiger partial charge in [-0.3, -0.25) is 0 Å². The molecule has 0 unspecified atom stereocenters. The van der Waals surface area contributed by atoms with E-state index in [1.807, 2.05) is 5.38 Å². The Kier molecular flexibility index (Phi) is 2.66. The maximum absolute atomic E-state index is 5.86. The minimum atomic E-state index is 0.556. The van der Waals surface area contributed by atoms with Gasteiger partial charge in [0.2, 0.25) is 0 Å². The summed E-state index contributed by atoms with van der Waals surface area (Å²) in [5, 5.41) is 3.20. The van der Waals surface area contributed by atoms with Crippen LogP contribution in [0.4, 0.5) is 0 Å². The maximum atomic E-state index is 5.86. The van der Waals surface area contributed by atoms with Crippen molar-refractivity contribution >= 4 is 33.0 Å². The van der Waals surface area contributed by atoms with Gasteiger partial charge in [0.1, 0.15) is 5.75 Å². The average molecular weight is 227 g/mol. The van der Waals surface area contributed by atoms with Crippen molar-refractivity contribution < 1.29 is 4.74 Å². The van der Waals surface area contributed by atoms with Crippen molar-refractivity contribution in [1.29, 1.82) is 0 Å². The van der Waals surface area contributed by atoms with Crippen LogP contribution < -0.4 is 4.74 Å². The molecule has 0 saturated carbocycles. The lowest BCUT2D eigenvalue weighted by Gasteiger charge is -2.03. The number of thiophene rings is 1. The largest absolute Gasteiger partial charge is 0.495 e. The van der Waals surface area contributed by atoms with Crippen molar-refractivity contribution in [3.8, 4) is 5.75 Å². The first kappa shape index (κ1) is 9.81. The number of halogens is 1. The molecule has 74 valence electrons. The molecule has 0 amide bonds. The number of fused-ring (bicyclic) bond motifs is 1. The third-order valence-corrected chi connectivity index (χ3v) is 3.57. The van der Waals surface area contributed by atoms with E-state index < -0.39 is 0 Å². The second-order valence-corrected chi connectivity index (χ2v) is 4.39. The summed E-state index contributed by atoms with van der Waals surface area (Å²) < 4.78 is 6.53. The summed E-state index contributed by atoms with van der Waals surface area (Å²) >= 11 is 7.56. The lowest BCUT2D eigenvalue weighted by atomic mass is 10.1. The molecule has 1 nitrogen and oxygen atoms in total. The lowest BCUT2D eigenvalue weighted by molar-refractivity contribution is 0.421. The Morgan fingerprint density at radius 2 is 2.21 bits per heavy atom. The quantitative estimate of drug-likeness (QED) is 0.705. The number of hydrogen-bond donors (Lipinski definition) is 0. The molecule has 3 heteroatoms. The van der Waals surface area contributed by atoms with Crippen molar-refractivity contribution in [1.82, 2.24) is 0 Å². The molecule has 2 rings (SSSR count). The van der Waals surface area contributed by atoms with E-state index in [4.69, 9.17) is 16.3 Å². The molecule has 1 aromatic heterocycles. The van der Waals surface area contributed by atoms with E-state index in [1.165, 1.54) is 21.2 Å². The molecule has 0 aliphatic carbocycles. The van der Waals surface area contributed by atoms with Crippen LogP contribution in [0.2, 0.25) is 0 Å². The summed E-state index contributed by atoms with van der Waals surface area (Å²) in [7, 11) is 1.70. The normalized spacial score (nSPS) is 10.8. The molecular formula is C11H11ClOS. The van der Waals surface area contributed by atoms with Crippen LogP contribution in [0.3, 0.4) is 0 Å². The van der Waals surface area contributed by atoms with E-state index in [1.54, 1.807) is 18.4 Å². The van der Waals surface area contributed by atoms with Gasteiger partial charge in [-0.15, -0.1) is 22.9 Å².